The maximum absolute atomic E-state index is 6.09. The molecule has 0 bridgehead atoms. The average molecular weight is 247 g/mol. The molecule has 0 saturated carbocycles. The van der Waals surface area contributed by atoms with Gasteiger partial charge in [-0.3, -0.25) is 0 Å². The SMILES string of the molecule is Cc1ccc2c(c1)CC(CC(C(C)C)C(C)N)O2. The Bertz CT molecular complexity index is 404. The lowest BCUT2D eigenvalue weighted by Gasteiger charge is -2.27. The average Bonchev–Trinajstić information content (AvgIpc) is 2.66. The Morgan fingerprint density at radius 2 is 2.06 bits per heavy atom. The Morgan fingerprint density at radius 3 is 2.67 bits per heavy atom. The maximum atomic E-state index is 6.09. The zero-order valence-corrected chi connectivity index (χ0v) is 11.9. The number of hydrogen-bond donors (Lipinski definition) is 1. The van der Waals surface area contributed by atoms with Crippen LogP contribution < -0.4 is 10.5 Å². The highest BCUT2D eigenvalue weighted by molar-refractivity contribution is 5.40. The second-order valence-corrected chi connectivity index (χ2v) is 6.06. The lowest BCUT2D eigenvalue weighted by Crippen LogP contribution is -2.34. The van der Waals surface area contributed by atoms with Crippen molar-refractivity contribution in [3.05, 3.63) is 29.3 Å². The second kappa shape index (κ2) is 5.31. The minimum absolute atomic E-state index is 0.235. The fourth-order valence-corrected chi connectivity index (χ4v) is 2.98. The zero-order chi connectivity index (χ0) is 13.3. The molecule has 1 aromatic carbocycles. The van der Waals surface area contributed by atoms with Gasteiger partial charge in [0.25, 0.3) is 0 Å². The number of aryl methyl sites for hydroxylation is 1. The van der Waals surface area contributed by atoms with Gasteiger partial charge in [-0.1, -0.05) is 31.5 Å². The Hall–Kier alpha value is -1.02. The summed E-state index contributed by atoms with van der Waals surface area (Å²) in [6.45, 7) is 8.74. The zero-order valence-electron chi connectivity index (χ0n) is 11.9. The Kier molecular flexibility index (Phi) is 3.96. The second-order valence-electron chi connectivity index (χ2n) is 6.06. The van der Waals surface area contributed by atoms with Crippen molar-refractivity contribution < 1.29 is 4.74 Å². The molecule has 0 spiro atoms. The molecule has 2 N–H and O–H groups in total. The third-order valence-corrected chi connectivity index (χ3v) is 4.02. The van der Waals surface area contributed by atoms with Crippen LogP contribution in [0.3, 0.4) is 0 Å². The van der Waals surface area contributed by atoms with Gasteiger partial charge in [0.15, 0.2) is 0 Å². The summed E-state index contributed by atoms with van der Waals surface area (Å²) >= 11 is 0. The molecule has 0 aromatic heterocycles. The van der Waals surface area contributed by atoms with Crippen molar-refractivity contribution in [1.29, 1.82) is 0 Å². The first-order chi connectivity index (χ1) is 8.47. The van der Waals surface area contributed by atoms with Gasteiger partial charge in [0, 0.05) is 12.5 Å². The lowest BCUT2D eigenvalue weighted by atomic mass is 9.84. The van der Waals surface area contributed by atoms with E-state index in [1.807, 2.05) is 0 Å². The van der Waals surface area contributed by atoms with Crippen LogP contribution >= 0.6 is 0 Å². The molecule has 0 aliphatic carbocycles. The monoisotopic (exact) mass is 247 g/mol. The van der Waals surface area contributed by atoms with E-state index in [0.29, 0.717) is 17.9 Å². The largest absolute Gasteiger partial charge is 0.490 e. The Morgan fingerprint density at radius 1 is 1.33 bits per heavy atom. The van der Waals surface area contributed by atoms with E-state index in [9.17, 15) is 0 Å². The minimum Gasteiger partial charge on any atom is -0.490 e. The van der Waals surface area contributed by atoms with E-state index in [2.05, 4.69) is 45.9 Å². The van der Waals surface area contributed by atoms with Gasteiger partial charge < -0.3 is 10.5 Å². The number of hydrogen-bond acceptors (Lipinski definition) is 2. The van der Waals surface area contributed by atoms with Gasteiger partial charge in [0.1, 0.15) is 11.9 Å². The van der Waals surface area contributed by atoms with Crippen molar-refractivity contribution >= 4 is 0 Å². The topological polar surface area (TPSA) is 35.2 Å². The Labute approximate surface area is 111 Å². The summed E-state index contributed by atoms with van der Waals surface area (Å²) in [6, 6.07) is 6.69. The van der Waals surface area contributed by atoms with E-state index < -0.39 is 0 Å². The van der Waals surface area contributed by atoms with Crippen molar-refractivity contribution in [2.75, 3.05) is 0 Å². The van der Waals surface area contributed by atoms with Crippen LogP contribution in [0.1, 0.15) is 38.3 Å². The minimum atomic E-state index is 0.235. The number of rotatable bonds is 4. The summed E-state index contributed by atoms with van der Waals surface area (Å²) in [6.07, 6.45) is 2.40. The quantitative estimate of drug-likeness (QED) is 0.886. The highest BCUT2D eigenvalue weighted by Crippen LogP contribution is 2.33. The predicted molar refractivity (Wildman–Crippen MR) is 75.9 cm³/mol. The first-order valence-corrected chi connectivity index (χ1v) is 6.99. The van der Waals surface area contributed by atoms with Gasteiger partial charge in [0.2, 0.25) is 0 Å². The van der Waals surface area contributed by atoms with Crippen LogP contribution in [-0.2, 0) is 6.42 Å². The first-order valence-electron chi connectivity index (χ1n) is 6.99. The van der Waals surface area contributed by atoms with Crippen LogP contribution in [0.25, 0.3) is 0 Å². The fraction of sp³-hybridized carbons (Fsp3) is 0.625. The maximum Gasteiger partial charge on any atom is 0.123 e. The van der Waals surface area contributed by atoms with E-state index in [1.165, 1.54) is 11.1 Å². The van der Waals surface area contributed by atoms with E-state index >= 15 is 0 Å². The first kappa shape index (κ1) is 13.4. The van der Waals surface area contributed by atoms with Crippen LogP contribution in [0.5, 0.6) is 5.75 Å². The number of benzene rings is 1. The van der Waals surface area contributed by atoms with Crippen LogP contribution in [0.15, 0.2) is 18.2 Å². The molecule has 3 atom stereocenters. The molecule has 1 heterocycles. The third-order valence-electron chi connectivity index (χ3n) is 4.02. The van der Waals surface area contributed by atoms with E-state index in [4.69, 9.17) is 10.5 Å². The molecular formula is C16H25NO. The summed E-state index contributed by atoms with van der Waals surface area (Å²) < 4.78 is 6.04. The molecule has 100 valence electrons. The Balaban J connectivity index is 2.02. The normalized spacial score (nSPS) is 21.6. The molecule has 0 fully saturated rings. The van der Waals surface area contributed by atoms with Gasteiger partial charge in [-0.25, -0.2) is 0 Å². The van der Waals surface area contributed by atoms with Gasteiger partial charge in [0.05, 0.1) is 0 Å². The van der Waals surface area contributed by atoms with Crippen LogP contribution in [0, 0.1) is 18.8 Å². The third kappa shape index (κ3) is 2.86. The molecule has 1 aliphatic rings. The van der Waals surface area contributed by atoms with Crippen LogP contribution in [0.2, 0.25) is 0 Å². The number of nitrogens with two attached hydrogens (primary N) is 1. The van der Waals surface area contributed by atoms with Crippen LogP contribution in [-0.4, -0.2) is 12.1 Å². The molecule has 1 aromatic rings. The summed E-state index contributed by atoms with van der Waals surface area (Å²) in [5.74, 6) is 2.21. The summed E-state index contributed by atoms with van der Waals surface area (Å²) in [5, 5.41) is 0. The summed E-state index contributed by atoms with van der Waals surface area (Å²) in [4.78, 5) is 0. The summed E-state index contributed by atoms with van der Waals surface area (Å²) in [7, 11) is 0. The molecule has 0 amide bonds. The molecule has 2 heteroatoms. The summed E-state index contributed by atoms with van der Waals surface area (Å²) in [5.41, 5.74) is 8.75. The van der Waals surface area contributed by atoms with E-state index in [-0.39, 0.29) is 6.04 Å². The molecule has 0 saturated heterocycles. The van der Waals surface area contributed by atoms with Crippen molar-refractivity contribution in [3.8, 4) is 5.75 Å². The van der Waals surface area contributed by atoms with Crippen molar-refractivity contribution in [2.45, 2.75) is 52.7 Å². The molecule has 0 radical (unpaired) electrons. The standard InChI is InChI=1S/C16H25NO/c1-10(2)15(12(4)17)9-14-8-13-7-11(3)5-6-16(13)18-14/h5-7,10,12,14-15H,8-9,17H2,1-4H3. The lowest BCUT2D eigenvalue weighted by molar-refractivity contribution is 0.163. The highest BCUT2D eigenvalue weighted by Gasteiger charge is 2.28. The van der Waals surface area contributed by atoms with Gasteiger partial charge >= 0.3 is 0 Å². The molecule has 2 rings (SSSR count). The molecule has 18 heavy (non-hydrogen) atoms. The molecule has 3 unspecified atom stereocenters. The van der Waals surface area contributed by atoms with E-state index in [1.54, 1.807) is 0 Å². The predicted octanol–water partition coefficient (Wildman–Crippen LogP) is 3.31. The van der Waals surface area contributed by atoms with Gasteiger partial charge in [-0.15, -0.1) is 0 Å². The van der Waals surface area contributed by atoms with Gasteiger partial charge in [-0.05, 0) is 43.7 Å². The van der Waals surface area contributed by atoms with E-state index in [0.717, 1.165) is 18.6 Å². The van der Waals surface area contributed by atoms with Crippen molar-refractivity contribution in [3.63, 3.8) is 0 Å². The van der Waals surface area contributed by atoms with Gasteiger partial charge in [-0.2, -0.15) is 0 Å². The number of fused-ring (bicyclic) bond motifs is 1. The fourth-order valence-electron chi connectivity index (χ4n) is 2.98. The molecule has 1 aliphatic heterocycles. The number of ether oxygens (including phenoxy) is 1. The van der Waals surface area contributed by atoms with Crippen molar-refractivity contribution in [2.24, 2.45) is 17.6 Å². The smallest absolute Gasteiger partial charge is 0.123 e. The molecule has 2 nitrogen and oxygen atoms in total. The molecular weight excluding hydrogens is 222 g/mol. The van der Waals surface area contributed by atoms with Crippen molar-refractivity contribution in [1.82, 2.24) is 0 Å². The van der Waals surface area contributed by atoms with Crippen LogP contribution in [0.4, 0.5) is 0 Å². The highest BCUT2D eigenvalue weighted by atomic mass is 16.5.